The topological polar surface area (TPSA) is 38.8 Å². The maximum atomic E-state index is 12.9. The van der Waals surface area contributed by atoms with Crippen molar-refractivity contribution in [1.82, 2.24) is 4.90 Å². The van der Waals surface area contributed by atoms with E-state index in [0.717, 1.165) is 11.1 Å². The van der Waals surface area contributed by atoms with Crippen LogP contribution in [0.3, 0.4) is 0 Å². The number of thiocarbonyl (C=S) groups is 1. The lowest BCUT2D eigenvalue weighted by Gasteiger charge is -2.14. The molecule has 3 aromatic rings. The van der Waals surface area contributed by atoms with Crippen LogP contribution in [0.4, 0.5) is 0 Å². The number of methoxy groups -OCH3 is 1. The Morgan fingerprint density at radius 3 is 2.42 bits per heavy atom. The number of halogens is 2. The first-order chi connectivity index (χ1) is 16.0. The van der Waals surface area contributed by atoms with Crippen LogP contribution in [-0.4, -0.2) is 22.2 Å². The van der Waals surface area contributed by atoms with Crippen molar-refractivity contribution in [2.45, 2.75) is 13.2 Å². The molecule has 0 saturated carbocycles. The fraction of sp³-hybridized carbons (Fsp3) is 0.120. The number of carbonyl (C=O) groups is 1. The molecule has 1 aliphatic rings. The fourth-order valence-electron chi connectivity index (χ4n) is 3.27. The third-order valence-corrected chi connectivity index (χ3v) is 7.06. The van der Waals surface area contributed by atoms with E-state index in [1.807, 2.05) is 48.5 Å². The van der Waals surface area contributed by atoms with Gasteiger partial charge < -0.3 is 9.47 Å². The van der Waals surface area contributed by atoms with E-state index in [2.05, 4.69) is 0 Å². The maximum Gasteiger partial charge on any atom is 0.266 e. The van der Waals surface area contributed by atoms with Gasteiger partial charge in [0.1, 0.15) is 10.9 Å². The van der Waals surface area contributed by atoms with Gasteiger partial charge in [-0.1, -0.05) is 89.6 Å². The summed E-state index contributed by atoms with van der Waals surface area (Å²) in [6.07, 6.45) is 1.81. The molecular formula is C25H19Cl2NO3S2. The van der Waals surface area contributed by atoms with Gasteiger partial charge in [0.15, 0.2) is 11.5 Å². The molecule has 0 spiro atoms. The van der Waals surface area contributed by atoms with Crippen LogP contribution in [-0.2, 0) is 17.9 Å². The van der Waals surface area contributed by atoms with Gasteiger partial charge in [-0.25, -0.2) is 0 Å². The number of nitrogens with zero attached hydrogens (tertiary/aromatic N) is 1. The SMILES string of the molecule is COc1cc(C=C2SC(=S)N(Cc3ccccc3)C2=O)ccc1OCc1c(Cl)cccc1Cl. The van der Waals surface area contributed by atoms with Crippen molar-refractivity contribution in [2.24, 2.45) is 0 Å². The Morgan fingerprint density at radius 1 is 1.00 bits per heavy atom. The second-order valence-corrected chi connectivity index (χ2v) is 9.64. The molecule has 1 amide bonds. The van der Waals surface area contributed by atoms with E-state index in [1.54, 1.807) is 36.3 Å². The number of hydrogen-bond acceptors (Lipinski definition) is 5. The minimum absolute atomic E-state index is 0.110. The van der Waals surface area contributed by atoms with Crippen LogP contribution < -0.4 is 9.47 Å². The summed E-state index contributed by atoms with van der Waals surface area (Å²) < 4.78 is 11.9. The monoisotopic (exact) mass is 515 g/mol. The molecule has 1 saturated heterocycles. The lowest BCUT2D eigenvalue weighted by molar-refractivity contribution is -0.122. The van der Waals surface area contributed by atoms with Crippen molar-refractivity contribution in [2.75, 3.05) is 7.11 Å². The number of carbonyl (C=O) groups excluding carboxylic acids is 1. The van der Waals surface area contributed by atoms with Crippen LogP contribution in [0, 0.1) is 0 Å². The van der Waals surface area contributed by atoms with Gasteiger partial charge in [-0.05, 0) is 41.5 Å². The zero-order valence-corrected chi connectivity index (χ0v) is 20.7. The Kier molecular flexibility index (Phi) is 7.60. The molecule has 0 unspecified atom stereocenters. The molecule has 33 heavy (non-hydrogen) atoms. The zero-order valence-electron chi connectivity index (χ0n) is 17.6. The maximum absolute atomic E-state index is 12.9. The second kappa shape index (κ2) is 10.6. The normalized spacial score (nSPS) is 14.8. The van der Waals surface area contributed by atoms with E-state index >= 15 is 0 Å². The number of rotatable bonds is 7. The minimum atomic E-state index is -0.110. The highest BCUT2D eigenvalue weighted by Crippen LogP contribution is 2.36. The lowest BCUT2D eigenvalue weighted by Crippen LogP contribution is -2.27. The third-order valence-electron chi connectivity index (χ3n) is 4.98. The summed E-state index contributed by atoms with van der Waals surface area (Å²) in [5.74, 6) is 0.968. The van der Waals surface area contributed by atoms with Crippen LogP contribution in [0.5, 0.6) is 11.5 Å². The first-order valence-electron chi connectivity index (χ1n) is 9.99. The van der Waals surface area contributed by atoms with Gasteiger partial charge in [0.05, 0.1) is 18.6 Å². The molecule has 3 aromatic carbocycles. The summed E-state index contributed by atoms with van der Waals surface area (Å²) in [5, 5.41) is 1.08. The quantitative estimate of drug-likeness (QED) is 0.250. The molecule has 168 valence electrons. The van der Waals surface area contributed by atoms with E-state index in [-0.39, 0.29) is 12.5 Å². The van der Waals surface area contributed by atoms with Crippen molar-refractivity contribution in [3.8, 4) is 11.5 Å². The number of amides is 1. The summed E-state index contributed by atoms with van der Waals surface area (Å²) in [6.45, 7) is 0.649. The average molecular weight is 516 g/mol. The molecule has 1 heterocycles. The molecule has 0 bridgehead atoms. The highest BCUT2D eigenvalue weighted by Gasteiger charge is 2.32. The highest BCUT2D eigenvalue weighted by atomic mass is 35.5. The molecule has 0 N–H and O–H groups in total. The van der Waals surface area contributed by atoms with E-state index in [1.165, 1.54) is 11.8 Å². The fourth-order valence-corrected chi connectivity index (χ4v) is 5.03. The summed E-state index contributed by atoms with van der Waals surface area (Å²) in [4.78, 5) is 15.1. The molecular weight excluding hydrogens is 497 g/mol. The first kappa shape index (κ1) is 23.6. The number of thioether (sulfide) groups is 1. The summed E-state index contributed by atoms with van der Waals surface area (Å²) in [6, 6.07) is 20.5. The lowest BCUT2D eigenvalue weighted by atomic mass is 10.1. The minimum Gasteiger partial charge on any atom is -0.493 e. The largest absolute Gasteiger partial charge is 0.493 e. The predicted molar refractivity (Wildman–Crippen MR) is 139 cm³/mol. The molecule has 8 heteroatoms. The van der Waals surface area contributed by atoms with Gasteiger partial charge in [0.25, 0.3) is 5.91 Å². The molecule has 4 rings (SSSR count). The van der Waals surface area contributed by atoms with Gasteiger partial charge >= 0.3 is 0 Å². The molecule has 4 nitrogen and oxygen atoms in total. The number of hydrogen-bond donors (Lipinski definition) is 0. The Balaban J connectivity index is 1.50. The van der Waals surface area contributed by atoms with E-state index < -0.39 is 0 Å². The molecule has 0 atom stereocenters. The number of ether oxygens (including phenoxy) is 2. The average Bonchev–Trinajstić information content (AvgIpc) is 3.07. The van der Waals surface area contributed by atoms with Crippen molar-refractivity contribution in [1.29, 1.82) is 0 Å². The highest BCUT2D eigenvalue weighted by molar-refractivity contribution is 8.26. The number of benzene rings is 3. The summed E-state index contributed by atoms with van der Waals surface area (Å²) >= 11 is 19.2. The Labute approximate surface area is 212 Å². The van der Waals surface area contributed by atoms with Gasteiger partial charge in [-0.3, -0.25) is 9.69 Å². The van der Waals surface area contributed by atoms with Crippen molar-refractivity contribution < 1.29 is 14.3 Å². The Hall–Kier alpha value is -2.51. The molecule has 0 radical (unpaired) electrons. The van der Waals surface area contributed by atoms with Gasteiger partial charge in [0, 0.05) is 15.6 Å². The Morgan fingerprint density at radius 2 is 1.73 bits per heavy atom. The molecule has 1 aliphatic heterocycles. The van der Waals surface area contributed by atoms with Crippen molar-refractivity contribution in [3.05, 3.63) is 98.4 Å². The van der Waals surface area contributed by atoms with Gasteiger partial charge in [-0.15, -0.1) is 0 Å². The van der Waals surface area contributed by atoms with E-state index in [9.17, 15) is 4.79 Å². The molecule has 0 aliphatic carbocycles. The van der Waals surface area contributed by atoms with Crippen LogP contribution in [0.15, 0.2) is 71.6 Å². The van der Waals surface area contributed by atoms with Gasteiger partial charge in [0.2, 0.25) is 0 Å². The van der Waals surface area contributed by atoms with Crippen LogP contribution in [0.1, 0.15) is 16.7 Å². The molecule has 0 aromatic heterocycles. The zero-order chi connectivity index (χ0) is 23.4. The van der Waals surface area contributed by atoms with E-state index in [4.69, 9.17) is 44.9 Å². The van der Waals surface area contributed by atoms with Crippen LogP contribution in [0.25, 0.3) is 6.08 Å². The van der Waals surface area contributed by atoms with Crippen LogP contribution >= 0.6 is 47.2 Å². The standard InChI is InChI=1S/C25H19Cl2NO3S2/c1-30-22-12-17(10-11-21(22)31-15-18-19(26)8-5-9-20(18)27)13-23-24(29)28(25(32)33-23)14-16-6-3-2-4-7-16/h2-13H,14-15H2,1H3. The van der Waals surface area contributed by atoms with E-state index in [0.29, 0.717) is 42.9 Å². The first-order valence-corrected chi connectivity index (χ1v) is 12.0. The van der Waals surface area contributed by atoms with Crippen molar-refractivity contribution in [3.63, 3.8) is 0 Å². The van der Waals surface area contributed by atoms with Crippen molar-refractivity contribution >= 4 is 63.5 Å². The smallest absolute Gasteiger partial charge is 0.266 e. The summed E-state index contributed by atoms with van der Waals surface area (Å²) in [7, 11) is 1.56. The van der Waals surface area contributed by atoms with Gasteiger partial charge in [-0.2, -0.15) is 0 Å². The summed E-state index contributed by atoms with van der Waals surface area (Å²) in [5.41, 5.74) is 2.53. The predicted octanol–water partition coefficient (Wildman–Crippen LogP) is 6.98. The van der Waals surface area contributed by atoms with Crippen LogP contribution in [0.2, 0.25) is 10.0 Å². The Bertz CT molecular complexity index is 1210. The third kappa shape index (κ3) is 5.53. The molecule has 1 fully saturated rings. The second-order valence-electron chi connectivity index (χ2n) is 7.15.